The van der Waals surface area contributed by atoms with Crippen molar-refractivity contribution < 1.29 is 0 Å². The second kappa shape index (κ2) is 4.54. The number of fused-ring (bicyclic) bond motifs is 1. The lowest BCUT2D eigenvalue weighted by molar-refractivity contribution is 1.01. The Bertz CT molecular complexity index is 557. The maximum atomic E-state index is 8.73. The second-order valence-corrected chi connectivity index (χ2v) is 4.62. The van der Waals surface area contributed by atoms with Crippen LogP contribution in [0.15, 0.2) is 40.9 Å². The summed E-state index contributed by atoms with van der Waals surface area (Å²) in [5.74, 6) is 0. The fourth-order valence-corrected chi connectivity index (χ4v) is 1.97. The quantitative estimate of drug-likeness (QED) is 0.901. The summed E-state index contributed by atoms with van der Waals surface area (Å²) in [7, 11) is 0. The van der Waals surface area contributed by atoms with Gasteiger partial charge in [0.1, 0.15) is 6.04 Å². The highest BCUT2D eigenvalue weighted by molar-refractivity contribution is 9.10. The molecule has 0 aromatic heterocycles. The summed E-state index contributed by atoms with van der Waals surface area (Å²) < 4.78 is 1.08. The first-order valence-corrected chi connectivity index (χ1v) is 5.84. The van der Waals surface area contributed by atoms with Gasteiger partial charge in [0.05, 0.1) is 6.07 Å². The number of rotatable bonds is 2. The molecule has 1 atom stereocenters. The average Bonchev–Trinajstić information content (AvgIpc) is 2.29. The number of nitrogens with zero attached hydrogens (tertiary/aromatic N) is 1. The van der Waals surface area contributed by atoms with E-state index < -0.39 is 0 Å². The van der Waals surface area contributed by atoms with Crippen LogP contribution in [0.1, 0.15) is 6.92 Å². The Balaban J connectivity index is 2.38. The van der Waals surface area contributed by atoms with Crippen molar-refractivity contribution in [3.05, 3.63) is 40.9 Å². The van der Waals surface area contributed by atoms with Crippen molar-refractivity contribution in [2.45, 2.75) is 13.0 Å². The Morgan fingerprint density at radius 3 is 2.62 bits per heavy atom. The fourth-order valence-electron chi connectivity index (χ4n) is 1.59. The Morgan fingerprint density at radius 1 is 1.19 bits per heavy atom. The number of benzene rings is 2. The van der Waals surface area contributed by atoms with Gasteiger partial charge in [-0.1, -0.05) is 28.1 Å². The van der Waals surface area contributed by atoms with Gasteiger partial charge in [-0.15, -0.1) is 0 Å². The molecule has 1 unspecified atom stereocenters. The highest BCUT2D eigenvalue weighted by Crippen LogP contribution is 2.23. The van der Waals surface area contributed by atoms with Gasteiger partial charge < -0.3 is 5.32 Å². The van der Waals surface area contributed by atoms with Crippen molar-refractivity contribution in [1.82, 2.24) is 0 Å². The lowest BCUT2D eigenvalue weighted by Gasteiger charge is -2.08. The fraction of sp³-hybridized carbons (Fsp3) is 0.154. The van der Waals surface area contributed by atoms with Crippen LogP contribution in [0.3, 0.4) is 0 Å². The zero-order valence-corrected chi connectivity index (χ0v) is 10.5. The number of hydrogen-bond donors (Lipinski definition) is 1. The van der Waals surface area contributed by atoms with Gasteiger partial charge in [-0.3, -0.25) is 0 Å². The predicted octanol–water partition coefficient (Wildman–Crippen LogP) is 3.93. The van der Waals surface area contributed by atoms with E-state index in [1.54, 1.807) is 0 Å². The molecular weight excluding hydrogens is 264 g/mol. The monoisotopic (exact) mass is 274 g/mol. The van der Waals surface area contributed by atoms with Crippen LogP contribution in [0, 0.1) is 11.3 Å². The minimum absolute atomic E-state index is 0.173. The molecule has 0 heterocycles. The van der Waals surface area contributed by atoms with Crippen molar-refractivity contribution in [1.29, 1.82) is 5.26 Å². The molecule has 0 radical (unpaired) electrons. The summed E-state index contributed by atoms with van der Waals surface area (Å²) >= 11 is 3.44. The van der Waals surface area contributed by atoms with E-state index in [1.165, 1.54) is 10.8 Å². The van der Waals surface area contributed by atoms with Gasteiger partial charge in [-0.2, -0.15) is 5.26 Å². The van der Waals surface area contributed by atoms with Crippen molar-refractivity contribution in [3.8, 4) is 6.07 Å². The largest absolute Gasteiger partial charge is 0.370 e. The average molecular weight is 275 g/mol. The molecule has 0 amide bonds. The smallest absolute Gasteiger partial charge is 0.111 e. The van der Waals surface area contributed by atoms with Gasteiger partial charge in [0.2, 0.25) is 0 Å². The van der Waals surface area contributed by atoms with Crippen LogP contribution in [0.25, 0.3) is 10.8 Å². The van der Waals surface area contributed by atoms with Gasteiger partial charge in [0, 0.05) is 10.2 Å². The van der Waals surface area contributed by atoms with Gasteiger partial charge in [0.15, 0.2) is 0 Å². The van der Waals surface area contributed by atoms with Gasteiger partial charge >= 0.3 is 0 Å². The topological polar surface area (TPSA) is 35.8 Å². The Kier molecular flexibility index (Phi) is 3.12. The van der Waals surface area contributed by atoms with E-state index in [9.17, 15) is 0 Å². The van der Waals surface area contributed by atoms with Crippen LogP contribution in [-0.4, -0.2) is 6.04 Å². The van der Waals surface area contributed by atoms with E-state index in [2.05, 4.69) is 45.5 Å². The number of halogens is 1. The van der Waals surface area contributed by atoms with Crippen LogP contribution < -0.4 is 5.32 Å². The van der Waals surface area contributed by atoms with Crippen molar-refractivity contribution in [3.63, 3.8) is 0 Å². The summed E-state index contributed by atoms with van der Waals surface area (Å²) in [5, 5.41) is 14.2. The number of anilines is 1. The van der Waals surface area contributed by atoms with Gasteiger partial charge in [-0.25, -0.2) is 0 Å². The molecule has 0 saturated heterocycles. The molecule has 3 heteroatoms. The maximum Gasteiger partial charge on any atom is 0.111 e. The molecule has 2 nitrogen and oxygen atoms in total. The van der Waals surface area contributed by atoms with E-state index in [-0.39, 0.29) is 6.04 Å². The summed E-state index contributed by atoms with van der Waals surface area (Å²) in [6.07, 6.45) is 0. The van der Waals surface area contributed by atoms with Crippen LogP contribution >= 0.6 is 15.9 Å². The minimum Gasteiger partial charge on any atom is -0.370 e. The predicted molar refractivity (Wildman–Crippen MR) is 70.3 cm³/mol. The Labute approximate surface area is 103 Å². The van der Waals surface area contributed by atoms with E-state index in [1.807, 2.05) is 25.1 Å². The lowest BCUT2D eigenvalue weighted by atomic mass is 10.1. The Hall–Kier alpha value is -1.53. The molecule has 0 aliphatic carbocycles. The summed E-state index contributed by atoms with van der Waals surface area (Å²) in [6, 6.07) is 14.2. The highest BCUT2D eigenvalue weighted by Gasteiger charge is 2.00. The van der Waals surface area contributed by atoms with Gasteiger partial charge in [-0.05, 0) is 42.0 Å². The van der Waals surface area contributed by atoms with Crippen LogP contribution in [0.2, 0.25) is 0 Å². The SMILES string of the molecule is CC(C#N)Nc1ccc2cc(Br)ccc2c1. The van der Waals surface area contributed by atoms with Crippen LogP contribution in [0.5, 0.6) is 0 Å². The first-order valence-electron chi connectivity index (χ1n) is 5.04. The second-order valence-electron chi connectivity index (χ2n) is 3.70. The summed E-state index contributed by atoms with van der Waals surface area (Å²) in [6.45, 7) is 1.84. The molecule has 0 fully saturated rings. The molecule has 1 N–H and O–H groups in total. The summed E-state index contributed by atoms with van der Waals surface area (Å²) in [5.41, 5.74) is 0.976. The summed E-state index contributed by atoms with van der Waals surface area (Å²) in [4.78, 5) is 0. The lowest BCUT2D eigenvalue weighted by Crippen LogP contribution is -2.11. The number of nitriles is 1. The molecule has 0 aliphatic heterocycles. The minimum atomic E-state index is -0.173. The van der Waals surface area contributed by atoms with E-state index in [0.717, 1.165) is 10.2 Å². The third-order valence-electron chi connectivity index (χ3n) is 2.38. The highest BCUT2D eigenvalue weighted by atomic mass is 79.9. The number of nitrogens with one attached hydrogen (secondary N) is 1. The first kappa shape index (κ1) is 11.0. The van der Waals surface area contributed by atoms with Crippen LogP contribution in [-0.2, 0) is 0 Å². The van der Waals surface area contributed by atoms with Crippen molar-refractivity contribution in [2.75, 3.05) is 5.32 Å². The van der Waals surface area contributed by atoms with E-state index in [4.69, 9.17) is 5.26 Å². The van der Waals surface area contributed by atoms with Crippen molar-refractivity contribution >= 4 is 32.4 Å². The van der Waals surface area contributed by atoms with E-state index in [0.29, 0.717) is 0 Å². The number of hydrogen-bond acceptors (Lipinski definition) is 2. The van der Waals surface area contributed by atoms with E-state index >= 15 is 0 Å². The zero-order chi connectivity index (χ0) is 11.5. The molecule has 80 valence electrons. The molecule has 2 aromatic carbocycles. The standard InChI is InChI=1S/C13H11BrN2/c1-9(8-15)16-13-5-3-10-6-12(14)4-2-11(10)7-13/h2-7,9,16H,1H3. The molecule has 0 aliphatic rings. The third kappa shape index (κ3) is 2.34. The molecule has 16 heavy (non-hydrogen) atoms. The molecule has 0 saturated carbocycles. The molecule has 2 aromatic rings. The van der Waals surface area contributed by atoms with Crippen LogP contribution in [0.4, 0.5) is 5.69 Å². The van der Waals surface area contributed by atoms with Gasteiger partial charge in [0.25, 0.3) is 0 Å². The zero-order valence-electron chi connectivity index (χ0n) is 8.87. The first-order chi connectivity index (χ1) is 7.69. The molecule has 2 rings (SSSR count). The normalized spacial score (nSPS) is 12.1. The van der Waals surface area contributed by atoms with Crippen molar-refractivity contribution in [2.24, 2.45) is 0 Å². The maximum absolute atomic E-state index is 8.73. The molecular formula is C13H11BrN2. The molecule has 0 bridgehead atoms. The Morgan fingerprint density at radius 2 is 1.88 bits per heavy atom. The molecule has 0 spiro atoms. The third-order valence-corrected chi connectivity index (χ3v) is 2.87.